The molecule has 4 aromatic rings. The molecule has 0 spiro atoms. The van der Waals surface area contributed by atoms with Gasteiger partial charge in [0.05, 0.1) is 18.6 Å². The summed E-state index contributed by atoms with van der Waals surface area (Å²) in [5, 5.41) is 13.6. The Hall–Kier alpha value is -2.87. The van der Waals surface area contributed by atoms with Crippen LogP contribution in [0.15, 0.2) is 56.8 Å². The molecule has 0 aliphatic carbocycles. The first-order valence-corrected chi connectivity index (χ1v) is 9.69. The van der Waals surface area contributed by atoms with Crippen molar-refractivity contribution in [2.45, 2.75) is 37.7 Å². The lowest BCUT2D eigenvalue weighted by atomic mass is 10.1. The Balaban J connectivity index is 1.65. The Bertz CT molecular complexity index is 1020. The van der Waals surface area contributed by atoms with Gasteiger partial charge in [-0.15, -0.1) is 10.2 Å². The van der Waals surface area contributed by atoms with E-state index in [0.717, 1.165) is 34.3 Å². The van der Waals surface area contributed by atoms with Crippen molar-refractivity contribution in [1.82, 2.24) is 24.9 Å². The van der Waals surface area contributed by atoms with Gasteiger partial charge < -0.3 is 8.94 Å². The molecule has 27 heavy (non-hydrogen) atoms. The normalized spacial score (nSPS) is 11.2. The topological polar surface area (TPSA) is 82.8 Å². The number of benzene rings is 1. The van der Waals surface area contributed by atoms with E-state index in [1.807, 2.05) is 31.2 Å². The van der Waals surface area contributed by atoms with Gasteiger partial charge in [-0.1, -0.05) is 48.1 Å². The molecule has 4 rings (SSSR count). The minimum absolute atomic E-state index is 0.539. The van der Waals surface area contributed by atoms with Crippen molar-refractivity contribution in [3.8, 4) is 11.4 Å². The molecule has 0 aliphatic rings. The van der Waals surface area contributed by atoms with Crippen molar-refractivity contribution >= 4 is 11.8 Å². The van der Waals surface area contributed by atoms with Gasteiger partial charge in [0.1, 0.15) is 5.76 Å². The number of rotatable bonds is 7. The molecule has 0 aliphatic heterocycles. The van der Waals surface area contributed by atoms with E-state index in [1.165, 1.54) is 11.8 Å². The van der Waals surface area contributed by atoms with Crippen LogP contribution in [0.3, 0.4) is 0 Å². The molecule has 1 aromatic carbocycles. The minimum atomic E-state index is 0.539. The number of hydrogen-bond donors (Lipinski definition) is 0. The molecule has 0 unspecified atom stereocenters. The fourth-order valence-corrected chi connectivity index (χ4v) is 3.51. The van der Waals surface area contributed by atoms with Crippen molar-refractivity contribution in [2.75, 3.05) is 0 Å². The monoisotopic (exact) mass is 381 g/mol. The molecule has 7 nitrogen and oxygen atoms in total. The van der Waals surface area contributed by atoms with Crippen LogP contribution in [0.2, 0.25) is 0 Å². The van der Waals surface area contributed by atoms with E-state index in [1.54, 1.807) is 6.26 Å². The zero-order chi connectivity index (χ0) is 18.6. The maximum atomic E-state index is 5.54. The van der Waals surface area contributed by atoms with Crippen LogP contribution in [-0.2, 0) is 18.7 Å². The summed E-state index contributed by atoms with van der Waals surface area (Å²) in [4.78, 5) is 4.35. The Labute approximate surface area is 160 Å². The zero-order valence-corrected chi connectivity index (χ0v) is 15.9. The first-order valence-electron chi connectivity index (χ1n) is 8.70. The predicted octanol–water partition coefficient (Wildman–Crippen LogP) is 4.13. The van der Waals surface area contributed by atoms with Crippen LogP contribution < -0.4 is 0 Å². The van der Waals surface area contributed by atoms with Gasteiger partial charge in [0.15, 0.2) is 16.8 Å². The van der Waals surface area contributed by atoms with Crippen molar-refractivity contribution in [2.24, 2.45) is 0 Å². The molecule has 0 fully saturated rings. The Kier molecular flexibility index (Phi) is 5.06. The lowest BCUT2D eigenvalue weighted by Gasteiger charge is -2.10. The number of thioether (sulfide) groups is 1. The lowest BCUT2D eigenvalue weighted by molar-refractivity contribution is 0.385. The van der Waals surface area contributed by atoms with Crippen LogP contribution in [0, 0.1) is 6.92 Å². The van der Waals surface area contributed by atoms with Crippen LogP contribution in [0.25, 0.3) is 11.4 Å². The third-order valence-corrected chi connectivity index (χ3v) is 5.10. The van der Waals surface area contributed by atoms with Crippen LogP contribution in [0.1, 0.15) is 30.0 Å². The second-order valence-corrected chi connectivity index (χ2v) is 6.98. The summed E-state index contributed by atoms with van der Waals surface area (Å²) in [6.45, 7) is 4.62. The molecule has 0 atom stereocenters. The first kappa shape index (κ1) is 17.5. The fourth-order valence-electron chi connectivity index (χ4n) is 2.74. The average Bonchev–Trinajstić information content (AvgIpc) is 3.42. The largest absolute Gasteiger partial charge is 0.467 e. The summed E-state index contributed by atoms with van der Waals surface area (Å²) in [6, 6.07) is 12.0. The molecule has 0 amide bonds. The summed E-state index contributed by atoms with van der Waals surface area (Å²) < 4.78 is 12.9. The van der Waals surface area contributed by atoms with Crippen LogP contribution in [0.4, 0.5) is 0 Å². The quantitative estimate of drug-likeness (QED) is 0.445. The Morgan fingerprint density at radius 3 is 2.74 bits per heavy atom. The highest BCUT2D eigenvalue weighted by molar-refractivity contribution is 7.98. The maximum Gasteiger partial charge on any atom is 0.237 e. The Morgan fingerprint density at radius 1 is 1.11 bits per heavy atom. The molecule has 0 radical (unpaired) electrons. The summed E-state index contributed by atoms with van der Waals surface area (Å²) in [7, 11) is 0. The fraction of sp³-hybridized carbons (Fsp3) is 0.263. The van der Waals surface area contributed by atoms with E-state index in [9.17, 15) is 0 Å². The molecule has 8 heteroatoms. The van der Waals surface area contributed by atoms with Crippen LogP contribution >= 0.6 is 11.8 Å². The van der Waals surface area contributed by atoms with Crippen molar-refractivity contribution in [3.05, 3.63) is 65.7 Å². The lowest BCUT2D eigenvalue weighted by Crippen LogP contribution is -2.04. The standard InChI is InChI=1S/C19H19N5O2S/c1-3-16-20-17(26-23-16)12-27-19-22-21-18(15-9-5-4-7-13(15)2)24(19)11-14-8-6-10-25-14/h4-10H,3,11-12H2,1-2H3. The van der Waals surface area contributed by atoms with E-state index in [0.29, 0.717) is 24.0 Å². The van der Waals surface area contributed by atoms with Crippen molar-refractivity contribution in [1.29, 1.82) is 0 Å². The van der Waals surface area contributed by atoms with Gasteiger partial charge in [-0.25, -0.2) is 0 Å². The molecule has 3 heterocycles. The number of nitrogens with zero attached hydrogens (tertiary/aromatic N) is 5. The van der Waals surface area contributed by atoms with E-state index < -0.39 is 0 Å². The SMILES string of the molecule is CCc1noc(CSc2nnc(-c3ccccc3C)n2Cc2ccco2)n1. The highest BCUT2D eigenvalue weighted by Crippen LogP contribution is 2.28. The van der Waals surface area contributed by atoms with Gasteiger partial charge in [0, 0.05) is 12.0 Å². The highest BCUT2D eigenvalue weighted by Gasteiger charge is 2.18. The van der Waals surface area contributed by atoms with Gasteiger partial charge in [0.25, 0.3) is 0 Å². The van der Waals surface area contributed by atoms with Crippen LogP contribution in [0.5, 0.6) is 0 Å². The van der Waals surface area contributed by atoms with Gasteiger partial charge in [-0.3, -0.25) is 4.57 Å². The van der Waals surface area contributed by atoms with Crippen molar-refractivity contribution in [3.63, 3.8) is 0 Å². The number of hydrogen-bond acceptors (Lipinski definition) is 7. The summed E-state index contributed by atoms with van der Waals surface area (Å²) >= 11 is 1.52. The second-order valence-electron chi connectivity index (χ2n) is 6.03. The average molecular weight is 381 g/mol. The number of furan rings is 1. The molecule has 0 bridgehead atoms. The van der Waals surface area contributed by atoms with E-state index >= 15 is 0 Å². The molecule has 3 aromatic heterocycles. The zero-order valence-electron chi connectivity index (χ0n) is 15.1. The highest BCUT2D eigenvalue weighted by atomic mass is 32.2. The molecular weight excluding hydrogens is 362 g/mol. The van der Waals surface area contributed by atoms with Crippen LogP contribution in [-0.4, -0.2) is 24.9 Å². The van der Waals surface area contributed by atoms with Gasteiger partial charge >= 0.3 is 0 Å². The third kappa shape index (κ3) is 3.80. The van der Waals surface area contributed by atoms with Gasteiger partial charge in [-0.05, 0) is 24.6 Å². The molecule has 0 saturated heterocycles. The van der Waals surface area contributed by atoms with Gasteiger partial charge in [0.2, 0.25) is 5.89 Å². The number of aryl methyl sites for hydroxylation is 2. The second kappa shape index (κ2) is 7.79. The maximum absolute atomic E-state index is 5.54. The smallest absolute Gasteiger partial charge is 0.237 e. The molecule has 138 valence electrons. The molecule has 0 saturated carbocycles. The van der Waals surface area contributed by atoms with E-state index in [4.69, 9.17) is 8.94 Å². The summed E-state index contributed by atoms with van der Waals surface area (Å²) in [5.41, 5.74) is 2.20. The van der Waals surface area contributed by atoms with Crippen molar-refractivity contribution < 1.29 is 8.94 Å². The number of aromatic nitrogens is 5. The summed E-state index contributed by atoms with van der Waals surface area (Å²) in [5.74, 6) is 3.49. The third-order valence-electron chi connectivity index (χ3n) is 4.15. The molecular formula is C19H19N5O2S. The minimum Gasteiger partial charge on any atom is -0.467 e. The van der Waals surface area contributed by atoms with E-state index in [-0.39, 0.29) is 0 Å². The van der Waals surface area contributed by atoms with Gasteiger partial charge in [-0.2, -0.15) is 4.98 Å². The predicted molar refractivity (Wildman–Crippen MR) is 101 cm³/mol. The Morgan fingerprint density at radius 2 is 2.00 bits per heavy atom. The first-order chi connectivity index (χ1) is 13.2. The molecule has 0 N–H and O–H groups in total. The van der Waals surface area contributed by atoms with E-state index in [2.05, 4.69) is 44.0 Å². The summed E-state index contributed by atoms with van der Waals surface area (Å²) in [6.07, 6.45) is 2.42.